The molecule has 1 aliphatic heterocycles. The fourth-order valence-corrected chi connectivity index (χ4v) is 3.50. The van der Waals surface area contributed by atoms with Crippen LogP contribution in [0.2, 0.25) is 5.02 Å². The van der Waals surface area contributed by atoms with Crippen LogP contribution in [0.15, 0.2) is 42.5 Å². The van der Waals surface area contributed by atoms with Gasteiger partial charge >= 0.3 is 0 Å². The maximum absolute atomic E-state index is 13.0. The first kappa shape index (κ1) is 20.7. The molecule has 0 radical (unpaired) electrons. The van der Waals surface area contributed by atoms with Gasteiger partial charge in [0.1, 0.15) is 17.9 Å². The summed E-state index contributed by atoms with van der Waals surface area (Å²) < 4.78 is 0. The summed E-state index contributed by atoms with van der Waals surface area (Å²) in [5.74, 6) is -1.55. The zero-order valence-electron chi connectivity index (χ0n) is 15.8. The first-order chi connectivity index (χ1) is 13.7. The molecule has 3 N–H and O–H groups in total. The highest BCUT2D eigenvalue weighted by Crippen LogP contribution is 2.27. The number of Topliss-reactive ketones (excluding diaryl/α,β-unsaturated/α-hetero) is 1. The third-order valence-corrected chi connectivity index (χ3v) is 5.04. The van der Waals surface area contributed by atoms with Gasteiger partial charge in [0.2, 0.25) is 11.8 Å². The van der Waals surface area contributed by atoms with Crippen molar-refractivity contribution in [1.82, 2.24) is 10.2 Å². The Morgan fingerprint density at radius 3 is 2.31 bits per heavy atom. The van der Waals surface area contributed by atoms with Crippen LogP contribution in [-0.2, 0) is 27.2 Å². The van der Waals surface area contributed by atoms with E-state index in [0.29, 0.717) is 10.6 Å². The first-order valence-electron chi connectivity index (χ1n) is 9.10. The van der Waals surface area contributed by atoms with E-state index in [1.165, 1.54) is 24.0 Å². The number of carbonyl (C=O) groups is 3. The Hall–Kier alpha value is -3.06. The number of nitrogens with one attached hydrogen (secondary N) is 1. The number of phenols is 2. The molecule has 2 atom stereocenters. The van der Waals surface area contributed by atoms with Gasteiger partial charge in [0.25, 0.3) is 0 Å². The highest BCUT2D eigenvalue weighted by atomic mass is 35.5. The Balaban J connectivity index is 1.83. The Bertz CT molecular complexity index is 945. The minimum atomic E-state index is -0.892. The minimum absolute atomic E-state index is 0.104. The molecule has 152 valence electrons. The number of halogens is 1. The van der Waals surface area contributed by atoms with Crippen molar-refractivity contribution in [2.24, 2.45) is 0 Å². The molecule has 2 aromatic carbocycles. The van der Waals surface area contributed by atoms with Crippen molar-refractivity contribution in [3.8, 4) is 11.5 Å². The molecule has 0 bridgehead atoms. The molecule has 1 fully saturated rings. The second-order valence-corrected chi connectivity index (χ2v) is 7.54. The average Bonchev–Trinajstić information content (AvgIpc) is 2.66. The molecule has 2 aromatic rings. The topological polar surface area (TPSA) is 107 Å². The zero-order chi connectivity index (χ0) is 21.1. The van der Waals surface area contributed by atoms with Crippen molar-refractivity contribution in [2.75, 3.05) is 6.54 Å². The molecule has 1 aliphatic rings. The number of nitrogens with zero attached hydrogens (tertiary/aromatic N) is 1. The van der Waals surface area contributed by atoms with Crippen molar-refractivity contribution < 1.29 is 24.6 Å². The number of aromatic hydroxyl groups is 2. The van der Waals surface area contributed by atoms with Gasteiger partial charge in [-0.15, -0.1) is 0 Å². The SMILES string of the molecule is CC(=O)CN1C(=O)C(Cc2ccc(Cl)cc2)NC(=O)C1Cc1ccc(O)c(O)c1. The lowest BCUT2D eigenvalue weighted by atomic mass is 9.96. The number of phenolic OH excluding ortho intramolecular Hbond substituents is 2. The van der Waals surface area contributed by atoms with Gasteiger partial charge < -0.3 is 20.4 Å². The maximum Gasteiger partial charge on any atom is 0.246 e. The van der Waals surface area contributed by atoms with E-state index in [1.807, 2.05) is 0 Å². The monoisotopic (exact) mass is 416 g/mol. The van der Waals surface area contributed by atoms with Gasteiger partial charge in [-0.3, -0.25) is 14.4 Å². The van der Waals surface area contributed by atoms with Gasteiger partial charge in [0, 0.05) is 17.9 Å². The lowest BCUT2D eigenvalue weighted by Gasteiger charge is -2.38. The van der Waals surface area contributed by atoms with Crippen LogP contribution < -0.4 is 5.32 Å². The normalized spacial score (nSPS) is 19.2. The second kappa shape index (κ2) is 8.53. The Kier molecular flexibility index (Phi) is 6.08. The maximum atomic E-state index is 13.0. The largest absolute Gasteiger partial charge is 0.504 e. The fraction of sp³-hybridized carbons (Fsp3) is 0.286. The van der Waals surface area contributed by atoms with Crippen molar-refractivity contribution in [2.45, 2.75) is 31.8 Å². The average molecular weight is 417 g/mol. The van der Waals surface area contributed by atoms with E-state index in [9.17, 15) is 24.6 Å². The lowest BCUT2D eigenvalue weighted by molar-refractivity contribution is -0.150. The van der Waals surface area contributed by atoms with Crippen LogP contribution in [0.3, 0.4) is 0 Å². The standard InChI is InChI=1S/C21H21ClN2O5/c1-12(25)11-24-17(9-14-4-7-18(26)19(27)10-14)20(28)23-16(21(24)29)8-13-2-5-15(22)6-3-13/h2-7,10,16-17,26-27H,8-9,11H2,1H3,(H,23,28). The zero-order valence-corrected chi connectivity index (χ0v) is 16.5. The van der Waals surface area contributed by atoms with Crippen LogP contribution in [0.5, 0.6) is 11.5 Å². The molecule has 0 aromatic heterocycles. The molecule has 8 heteroatoms. The first-order valence-corrected chi connectivity index (χ1v) is 9.48. The number of amides is 2. The van der Waals surface area contributed by atoms with Crippen LogP contribution in [-0.4, -0.2) is 51.3 Å². The van der Waals surface area contributed by atoms with Crippen molar-refractivity contribution in [3.05, 3.63) is 58.6 Å². The van der Waals surface area contributed by atoms with E-state index in [2.05, 4.69) is 5.32 Å². The molecule has 0 spiro atoms. The van der Waals surface area contributed by atoms with Crippen LogP contribution in [0.1, 0.15) is 18.1 Å². The Morgan fingerprint density at radius 1 is 1.03 bits per heavy atom. The molecule has 0 saturated carbocycles. The second-order valence-electron chi connectivity index (χ2n) is 7.10. The van der Waals surface area contributed by atoms with Crippen LogP contribution in [0.4, 0.5) is 0 Å². The molecular formula is C21H21ClN2O5. The Labute approximate surface area is 172 Å². The van der Waals surface area contributed by atoms with Gasteiger partial charge in [0.15, 0.2) is 11.5 Å². The molecule has 3 rings (SSSR count). The minimum Gasteiger partial charge on any atom is -0.504 e. The molecular weight excluding hydrogens is 396 g/mol. The Morgan fingerprint density at radius 2 is 1.69 bits per heavy atom. The van der Waals surface area contributed by atoms with E-state index in [4.69, 9.17) is 11.6 Å². The number of rotatable bonds is 6. The summed E-state index contributed by atoms with van der Waals surface area (Å²) in [6, 6.07) is 9.50. The summed E-state index contributed by atoms with van der Waals surface area (Å²) in [6.07, 6.45) is 0.384. The molecule has 7 nitrogen and oxygen atoms in total. The van der Waals surface area contributed by atoms with Crippen LogP contribution in [0, 0.1) is 0 Å². The number of benzene rings is 2. The summed E-state index contributed by atoms with van der Waals surface area (Å²) in [5, 5.41) is 22.5. The third-order valence-electron chi connectivity index (χ3n) is 4.79. The van der Waals surface area contributed by atoms with Crippen molar-refractivity contribution >= 4 is 29.2 Å². The van der Waals surface area contributed by atoms with E-state index in [0.717, 1.165) is 5.56 Å². The quantitative estimate of drug-likeness (QED) is 0.623. The molecule has 1 heterocycles. The van der Waals surface area contributed by atoms with Crippen LogP contribution >= 0.6 is 11.6 Å². The number of ketones is 1. The lowest BCUT2D eigenvalue weighted by Crippen LogP contribution is -2.65. The molecule has 0 aliphatic carbocycles. The van der Waals surface area contributed by atoms with Gasteiger partial charge in [-0.1, -0.05) is 29.8 Å². The summed E-state index contributed by atoms with van der Waals surface area (Å²) in [7, 11) is 0. The fourth-order valence-electron chi connectivity index (χ4n) is 3.37. The molecule has 29 heavy (non-hydrogen) atoms. The van der Waals surface area contributed by atoms with Gasteiger partial charge in [-0.05, 0) is 42.3 Å². The number of piperazine rings is 1. The van der Waals surface area contributed by atoms with Crippen LogP contribution in [0.25, 0.3) is 0 Å². The van der Waals surface area contributed by atoms with Gasteiger partial charge in [-0.2, -0.15) is 0 Å². The summed E-state index contributed by atoms with van der Waals surface area (Å²) in [5.41, 5.74) is 1.38. The van der Waals surface area contributed by atoms with Gasteiger partial charge in [0.05, 0.1) is 6.54 Å². The summed E-state index contributed by atoms with van der Waals surface area (Å²) >= 11 is 5.89. The third kappa shape index (κ3) is 4.86. The predicted molar refractivity (Wildman–Crippen MR) is 107 cm³/mol. The van der Waals surface area contributed by atoms with E-state index in [1.54, 1.807) is 30.3 Å². The summed E-state index contributed by atoms with van der Waals surface area (Å²) in [4.78, 5) is 38.9. The summed E-state index contributed by atoms with van der Waals surface area (Å²) in [6.45, 7) is 1.18. The highest BCUT2D eigenvalue weighted by molar-refractivity contribution is 6.30. The van der Waals surface area contributed by atoms with Crippen molar-refractivity contribution in [3.63, 3.8) is 0 Å². The molecule has 1 saturated heterocycles. The molecule has 2 unspecified atom stereocenters. The highest BCUT2D eigenvalue weighted by Gasteiger charge is 2.40. The number of carbonyl (C=O) groups excluding carboxylic acids is 3. The van der Waals surface area contributed by atoms with E-state index >= 15 is 0 Å². The van der Waals surface area contributed by atoms with E-state index < -0.39 is 12.1 Å². The molecule has 2 amide bonds. The number of hydrogen-bond acceptors (Lipinski definition) is 5. The van der Waals surface area contributed by atoms with Crippen molar-refractivity contribution in [1.29, 1.82) is 0 Å². The van der Waals surface area contributed by atoms with Gasteiger partial charge in [-0.25, -0.2) is 0 Å². The smallest absolute Gasteiger partial charge is 0.246 e. The predicted octanol–water partition coefficient (Wildman–Crippen LogP) is 1.82. The van der Waals surface area contributed by atoms with E-state index in [-0.39, 0.29) is 48.5 Å². The number of hydrogen-bond donors (Lipinski definition) is 3.